The number of nitrogens with zero attached hydrogens (tertiary/aromatic N) is 2. The third-order valence-electron chi connectivity index (χ3n) is 3.53. The van der Waals surface area contributed by atoms with Gasteiger partial charge in [-0.05, 0) is 18.6 Å². The molecule has 1 aromatic heterocycles. The summed E-state index contributed by atoms with van der Waals surface area (Å²) in [4.78, 5) is 27.7. The molecule has 9 nitrogen and oxygen atoms in total. The third kappa shape index (κ3) is 6.17. The summed E-state index contributed by atoms with van der Waals surface area (Å²) in [7, 11) is 3.13. The van der Waals surface area contributed by atoms with E-state index in [0.29, 0.717) is 29.0 Å². The lowest BCUT2D eigenvalue weighted by Gasteiger charge is -2.07. The van der Waals surface area contributed by atoms with Crippen LogP contribution in [0.25, 0.3) is 11.4 Å². The zero-order valence-corrected chi connectivity index (χ0v) is 16.3. The molecule has 146 valence electrons. The number of aromatic amines is 1. The van der Waals surface area contributed by atoms with E-state index in [1.54, 1.807) is 32.4 Å². The highest BCUT2D eigenvalue weighted by Gasteiger charge is 2.14. The lowest BCUT2D eigenvalue weighted by molar-refractivity contribution is -0.117. The minimum absolute atomic E-state index is 0.0260. The van der Waals surface area contributed by atoms with Crippen molar-refractivity contribution in [1.82, 2.24) is 25.8 Å². The summed E-state index contributed by atoms with van der Waals surface area (Å²) in [6, 6.07) is 4.85. The van der Waals surface area contributed by atoms with E-state index in [1.165, 1.54) is 0 Å². The van der Waals surface area contributed by atoms with Crippen molar-refractivity contribution in [3.8, 4) is 22.9 Å². The number of hydrogen-bond acceptors (Lipinski definition) is 7. The zero-order valence-electron chi connectivity index (χ0n) is 15.5. The second kappa shape index (κ2) is 10.4. The van der Waals surface area contributed by atoms with Crippen molar-refractivity contribution < 1.29 is 19.1 Å². The van der Waals surface area contributed by atoms with Crippen LogP contribution in [0.5, 0.6) is 11.5 Å². The summed E-state index contributed by atoms with van der Waals surface area (Å²) in [6.45, 7) is 2.56. The minimum Gasteiger partial charge on any atom is -0.497 e. The van der Waals surface area contributed by atoms with E-state index >= 15 is 0 Å². The quantitative estimate of drug-likeness (QED) is 0.441. The number of imide groups is 1. The van der Waals surface area contributed by atoms with Crippen LogP contribution in [0.1, 0.15) is 19.8 Å². The summed E-state index contributed by atoms with van der Waals surface area (Å²) >= 11 is 1.12. The molecule has 2 rings (SSSR count). The summed E-state index contributed by atoms with van der Waals surface area (Å²) in [5, 5.41) is 12.2. The Morgan fingerprint density at radius 1 is 1.26 bits per heavy atom. The second-order valence-corrected chi connectivity index (χ2v) is 6.42. The van der Waals surface area contributed by atoms with E-state index in [1.807, 2.05) is 6.92 Å². The molecular formula is C17H23N5O4S. The number of amides is 3. The number of nitrogens with one attached hydrogen (secondary N) is 3. The SMILES string of the molecule is CCCCNC(=O)NC(=O)CSc1n[nH]c(-c2ccc(OC)cc2OC)n1. The van der Waals surface area contributed by atoms with Gasteiger partial charge in [0.15, 0.2) is 5.82 Å². The van der Waals surface area contributed by atoms with E-state index < -0.39 is 11.9 Å². The van der Waals surface area contributed by atoms with Crippen LogP contribution >= 0.6 is 11.8 Å². The largest absolute Gasteiger partial charge is 0.497 e. The molecule has 0 aliphatic heterocycles. The van der Waals surface area contributed by atoms with E-state index in [0.717, 1.165) is 30.2 Å². The molecule has 0 saturated heterocycles. The molecule has 0 fully saturated rings. The van der Waals surface area contributed by atoms with E-state index in [2.05, 4.69) is 25.8 Å². The average molecular weight is 393 g/mol. The molecule has 10 heteroatoms. The first-order valence-electron chi connectivity index (χ1n) is 8.42. The molecule has 2 aromatic rings. The monoisotopic (exact) mass is 393 g/mol. The normalized spacial score (nSPS) is 10.3. The number of H-pyrrole nitrogens is 1. The Morgan fingerprint density at radius 2 is 2.07 bits per heavy atom. The van der Waals surface area contributed by atoms with Gasteiger partial charge in [-0.2, -0.15) is 0 Å². The Bertz CT molecular complexity index is 780. The van der Waals surface area contributed by atoms with Crippen LogP contribution in [0.4, 0.5) is 4.79 Å². The molecule has 0 radical (unpaired) electrons. The highest BCUT2D eigenvalue weighted by Crippen LogP contribution is 2.31. The van der Waals surface area contributed by atoms with Crippen LogP contribution in [0, 0.1) is 0 Å². The molecule has 0 aliphatic carbocycles. The highest BCUT2D eigenvalue weighted by molar-refractivity contribution is 7.99. The molecule has 27 heavy (non-hydrogen) atoms. The lowest BCUT2D eigenvalue weighted by Crippen LogP contribution is -2.40. The van der Waals surface area contributed by atoms with Gasteiger partial charge in [0.1, 0.15) is 11.5 Å². The maximum absolute atomic E-state index is 11.8. The molecule has 0 spiro atoms. The number of aromatic nitrogens is 3. The van der Waals surface area contributed by atoms with Gasteiger partial charge in [0.25, 0.3) is 0 Å². The lowest BCUT2D eigenvalue weighted by atomic mass is 10.2. The molecule has 3 N–H and O–H groups in total. The molecule has 0 bridgehead atoms. The number of unbranched alkanes of at least 4 members (excludes halogenated alkanes) is 1. The maximum Gasteiger partial charge on any atom is 0.321 e. The molecule has 0 atom stereocenters. The molecule has 0 saturated carbocycles. The highest BCUT2D eigenvalue weighted by atomic mass is 32.2. The van der Waals surface area contributed by atoms with Gasteiger partial charge >= 0.3 is 6.03 Å². The van der Waals surface area contributed by atoms with E-state index in [4.69, 9.17) is 9.47 Å². The number of benzene rings is 1. The van der Waals surface area contributed by atoms with Crippen LogP contribution < -0.4 is 20.1 Å². The number of ether oxygens (including phenoxy) is 2. The number of methoxy groups -OCH3 is 2. The van der Waals surface area contributed by atoms with Crippen LogP contribution in [0.2, 0.25) is 0 Å². The molecule has 3 amide bonds. The van der Waals surface area contributed by atoms with Gasteiger partial charge in [0, 0.05) is 12.6 Å². The Kier molecular flexibility index (Phi) is 7.93. The predicted molar refractivity (Wildman–Crippen MR) is 102 cm³/mol. The fourth-order valence-corrected chi connectivity index (χ4v) is 2.74. The summed E-state index contributed by atoms with van der Waals surface area (Å²) in [6.07, 6.45) is 1.83. The minimum atomic E-state index is -0.493. The average Bonchev–Trinajstić information content (AvgIpc) is 3.14. The first kappa shape index (κ1) is 20.6. The van der Waals surface area contributed by atoms with Crippen LogP contribution in [0.15, 0.2) is 23.4 Å². The Morgan fingerprint density at radius 3 is 2.78 bits per heavy atom. The fourth-order valence-electron chi connectivity index (χ4n) is 2.14. The number of carbonyl (C=O) groups excluding carboxylic acids is 2. The van der Waals surface area contributed by atoms with Crippen molar-refractivity contribution in [3.63, 3.8) is 0 Å². The first-order valence-corrected chi connectivity index (χ1v) is 9.41. The Hall–Kier alpha value is -2.75. The molecule has 0 aliphatic rings. The van der Waals surface area contributed by atoms with Crippen LogP contribution in [-0.2, 0) is 4.79 Å². The number of thioether (sulfide) groups is 1. The zero-order chi connectivity index (χ0) is 19.6. The number of rotatable bonds is 9. The maximum atomic E-state index is 11.8. The van der Waals surface area contributed by atoms with Gasteiger partial charge in [-0.25, -0.2) is 9.78 Å². The van der Waals surface area contributed by atoms with Gasteiger partial charge in [-0.15, -0.1) is 5.10 Å². The summed E-state index contributed by atoms with van der Waals surface area (Å²) in [5.74, 6) is 1.37. The predicted octanol–water partition coefficient (Wildman–Crippen LogP) is 2.21. The van der Waals surface area contributed by atoms with Crippen molar-refractivity contribution >= 4 is 23.7 Å². The van der Waals surface area contributed by atoms with Crippen molar-refractivity contribution in [1.29, 1.82) is 0 Å². The topological polar surface area (TPSA) is 118 Å². The van der Waals surface area contributed by atoms with Crippen molar-refractivity contribution in [3.05, 3.63) is 18.2 Å². The molecular weight excluding hydrogens is 370 g/mol. The Labute approximate surface area is 161 Å². The summed E-state index contributed by atoms with van der Waals surface area (Å²) in [5.41, 5.74) is 0.720. The number of hydrogen-bond donors (Lipinski definition) is 3. The van der Waals surface area contributed by atoms with E-state index in [9.17, 15) is 9.59 Å². The molecule has 0 unspecified atom stereocenters. The fraction of sp³-hybridized carbons (Fsp3) is 0.412. The second-order valence-electron chi connectivity index (χ2n) is 5.48. The van der Waals surface area contributed by atoms with Crippen molar-refractivity contribution in [2.24, 2.45) is 0 Å². The van der Waals surface area contributed by atoms with Crippen LogP contribution in [0.3, 0.4) is 0 Å². The Balaban J connectivity index is 1.91. The van der Waals surface area contributed by atoms with Gasteiger partial charge in [0.05, 0.1) is 25.5 Å². The number of carbonyl (C=O) groups is 2. The van der Waals surface area contributed by atoms with Crippen molar-refractivity contribution in [2.75, 3.05) is 26.5 Å². The van der Waals surface area contributed by atoms with Gasteiger partial charge in [-0.1, -0.05) is 25.1 Å². The molecule has 1 heterocycles. The van der Waals surface area contributed by atoms with Crippen LogP contribution in [-0.4, -0.2) is 53.6 Å². The summed E-state index contributed by atoms with van der Waals surface area (Å²) < 4.78 is 10.5. The third-order valence-corrected chi connectivity index (χ3v) is 4.38. The number of urea groups is 1. The van der Waals surface area contributed by atoms with Gasteiger partial charge < -0.3 is 14.8 Å². The molecule has 1 aromatic carbocycles. The first-order chi connectivity index (χ1) is 13.1. The smallest absolute Gasteiger partial charge is 0.321 e. The standard InChI is InChI=1S/C17H23N5O4S/c1-4-5-8-18-16(24)19-14(23)10-27-17-20-15(21-22-17)12-7-6-11(25-2)9-13(12)26-3/h6-7,9H,4-5,8,10H2,1-3H3,(H,20,21,22)(H2,18,19,23,24). The van der Waals surface area contributed by atoms with E-state index in [-0.39, 0.29) is 5.75 Å². The van der Waals surface area contributed by atoms with Crippen molar-refractivity contribution in [2.45, 2.75) is 24.9 Å². The van der Waals surface area contributed by atoms with Gasteiger partial charge in [-0.3, -0.25) is 15.2 Å². The van der Waals surface area contributed by atoms with Gasteiger partial charge in [0.2, 0.25) is 11.1 Å².